The fourth-order valence-electron chi connectivity index (χ4n) is 2.25. The summed E-state index contributed by atoms with van der Waals surface area (Å²) in [7, 11) is 1.55. The summed E-state index contributed by atoms with van der Waals surface area (Å²) in [5.41, 5.74) is 1.36. The lowest BCUT2D eigenvalue weighted by atomic mass is 9.96. The second-order valence-corrected chi connectivity index (χ2v) is 5.76. The number of aliphatic carboxylic acids is 1. The van der Waals surface area contributed by atoms with Gasteiger partial charge in [-0.3, -0.25) is 4.79 Å². The van der Waals surface area contributed by atoms with Crippen molar-refractivity contribution in [2.75, 3.05) is 12.4 Å². The third-order valence-electron chi connectivity index (χ3n) is 3.53. The minimum Gasteiger partial charge on any atom is -0.550 e. The van der Waals surface area contributed by atoms with Crippen LogP contribution in [0.2, 0.25) is 5.02 Å². The molecule has 0 bridgehead atoms. The number of halogens is 1. The van der Waals surface area contributed by atoms with Crippen molar-refractivity contribution in [3.8, 4) is 5.75 Å². The molecule has 0 saturated heterocycles. The van der Waals surface area contributed by atoms with Crippen molar-refractivity contribution < 1.29 is 19.4 Å². The molecule has 0 saturated carbocycles. The average molecular weight is 347 g/mol. The van der Waals surface area contributed by atoms with Crippen LogP contribution in [0, 0.1) is 5.92 Å². The summed E-state index contributed by atoms with van der Waals surface area (Å²) in [6.45, 7) is 0. The van der Waals surface area contributed by atoms with Gasteiger partial charge in [-0.05, 0) is 48.4 Å². The van der Waals surface area contributed by atoms with Crippen LogP contribution in [0.1, 0.15) is 12.0 Å². The van der Waals surface area contributed by atoms with Crippen LogP contribution >= 0.6 is 11.6 Å². The number of carboxylic acid groups (broad SMARTS) is 1. The average Bonchev–Trinajstić information content (AvgIpc) is 2.56. The maximum atomic E-state index is 12.1. The van der Waals surface area contributed by atoms with E-state index < -0.39 is 11.9 Å². The quantitative estimate of drug-likeness (QED) is 0.834. The summed E-state index contributed by atoms with van der Waals surface area (Å²) in [5.74, 6) is -1.88. The van der Waals surface area contributed by atoms with Gasteiger partial charge in [-0.1, -0.05) is 23.7 Å². The molecule has 1 N–H and O–H groups in total. The number of carbonyl (C=O) groups excluding carboxylic acids is 2. The number of rotatable bonds is 7. The van der Waals surface area contributed by atoms with Gasteiger partial charge < -0.3 is 20.0 Å². The van der Waals surface area contributed by atoms with Gasteiger partial charge >= 0.3 is 0 Å². The Morgan fingerprint density at radius 1 is 1.12 bits per heavy atom. The number of nitrogens with one attached hydrogen (secondary N) is 1. The highest BCUT2D eigenvalue weighted by atomic mass is 35.5. The molecule has 1 amide bonds. The highest BCUT2D eigenvalue weighted by Crippen LogP contribution is 2.18. The monoisotopic (exact) mass is 346 g/mol. The molecule has 0 fully saturated rings. The van der Waals surface area contributed by atoms with Gasteiger partial charge in [-0.15, -0.1) is 0 Å². The molecular weight excluding hydrogens is 330 g/mol. The molecule has 0 aromatic heterocycles. The van der Waals surface area contributed by atoms with Crippen molar-refractivity contribution in [2.24, 2.45) is 5.92 Å². The van der Waals surface area contributed by atoms with Crippen LogP contribution in [0.25, 0.3) is 0 Å². The Labute approximate surface area is 145 Å². The number of benzene rings is 2. The van der Waals surface area contributed by atoms with Crippen LogP contribution in [0.4, 0.5) is 5.69 Å². The first-order valence-electron chi connectivity index (χ1n) is 7.37. The number of anilines is 1. The van der Waals surface area contributed by atoms with E-state index in [4.69, 9.17) is 16.3 Å². The highest BCUT2D eigenvalue weighted by molar-refractivity contribution is 6.30. The Balaban J connectivity index is 1.97. The molecule has 0 aliphatic heterocycles. The third-order valence-corrected chi connectivity index (χ3v) is 3.79. The second-order valence-electron chi connectivity index (χ2n) is 5.33. The molecule has 5 nitrogen and oxygen atoms in total. The number of carboxylic acids is 1. The van der Waals surface area contributed by atoms with E-state index in [-0.39, 0.29) is 18.7 Å². The Hall–Kier alpha value is -2.53. The van der Waals surface area contributed by atoms with E-state index in [1.807, 2.05) is 0 Å². The molecule has 0 aliphatic rings. The van der Waals surface area contributed by atoms with E-state index >= 15 is 0 Å². The van der Waals surface area contributed by atoms with E-state index in [0.29, 0.717) is 16.5 Å². The molecule has 2 aromatic carbocycles. The molecule has 2 aromatic rings. The fourth-order valence-corrected chi connectivity index (χ4v) is 2.38. The van der Waals surface area contributed by atoms with Crippen LogP contribution in [0.15, 0.2) is 48.5 Å². The maximum absolute atomic E-state index is 12.1. The summed E-state index contributed by atoms with van der Waals surface area (Å²) in [4.78, 5) is 23.4. The van der Waals surface area contributed by atoms with Crippen molar-refractivity contribution >= 4 is 29.2 Å². The lowest BCUT2D eigenvalue weighted by Crippen LogP contribution is -2.35. The zero-order valence-electron chi connectivity index (χ0n) is 13.1. The minimum atomic E-state index is -1.25. The first-order chi connectivity index (χ1) is 11.5. The van der Waals surface area contributed by atoms with E-state index in [1.54, 1.807) is 55.6 Å². The van der Waals surface area contributed by atoms with Gasteiger partial charge in [-0.25, -0.2) is 0 Å². The number of ether oxygens (including phenoxy) is 1. The van der Waals surface area contributed by atoms with Gasteiger partial charge in [0.05, 0.1) is 7.11 Å². The SMILES string of the molecule is COc1ccc(NC(=O)C[C@H](Cc2ccc(Cl)cc2)C(=O)[O-])cc1. The highest BCUT2D eigenvalue weighted by Gasteiger charge is 2.16. The van der Waals surface area contributed by atoms with Gasteiger partial charge in [0.15, 0.2) is 0 Å². The Kier molecular flexibility index (Phi) is 6.21. The van der Waals surface area contributed by atoms with Crippen LogP contribution in [-0.4, -0.2) is 19.0 Å². The predicted octanol–water partition coefficient (Wildman–Crippen LogP) is 2.29. The summed E-state index contributed by atoms with van der Waals surface area (Å²) in [5, 5.41) is 14.5. The molecule has 0 heterocycles. The Morgan fingerprint density at radius 2 is 1.75 bits per heavy atom. The van der Waals surface area contributed by atoms with Crippen LogP contribution in [0.5, 0.6) is 5.75 Å². The first-order valence-corrected chi connectivity index (χ1v) is 7.75. The van der Waals surface area contributed by atoms with Gasteiger partial charge in [0, 0.05) is 29.0 Å². The molecular formula is C18H17ClNO4-. The fraction of sp³-hybridized carbons (Fsp3) is 0.222. The van der Waals surface area contributed by atoms with Crippen molar-refractivity contribution in [2.45, 2.75) is 12.8 Å². The van der Waals surface area contributed by atoms with Gasteiger partial charge in [-0.2, -0.15) is 0 Å². The standard InChI is InChI=1S/C18H18ClNO4/c1-24-16-8-6-15(7-9-16)20-17(21)11-13(18(22)23)10-12-2-4-14(19)5-3-12/h2-9,13H,10-11H2,1H3,(H,20,21)(H,22,23)/p-1/t13-/m0/s1. The van der Waals surface area contributed by atoms with E-state index in [0.717, 1.165) is 5.56 Å². The van der Waals surface area contributed by atoms with Crippen LogP contribution in [-0.2, 0) is 16.0 Å². The lowest BCUT2D eigenvalue weighted by molar-refractivity contribution is -0.311. The third kappa shape index (κ3) is 5.28. The summed E-state index contributed by atoms with van der Waals surface area (Å²) < 4.78 is 5.04. The Morgan fingerprint density at radius 3 is 2.29 bits per heavy atom. The van der Waals surface area contributed by atoms with Gasteiger partial charge in [0.1, 0.15) is 5.75 Å². The smallest absolute Gasteiger partial charge is 0.225 e. The summed E-state index contributed by atoms with van der Waals surface area (Å²) in [6.07, 6.45) is 0.0342. The van der Waals surface area contributed by atoms with Crippen molar-refractivity contribution in [3.63, 3.8) is 0 Å². The molecule has 126 valence electrons. The van der Waals surface area contributed by atoms with Crippen LogP contribution in [0.3, 0.4) is 0 Å². The molecule has 1 atom stereocenters. The zero-order valence-corrected chi connectivity index (χ0v) is 13.9. The summed E-state index contributed by atoms with van der Waals surface area (Å²) in [6, 6.07) is 13.6. The second kappa shape index (κ2) is 8.36. The molecule has 0 radical (unpaired) electrons. The summed E-state index contributed by atoms with van der Waals surface area (Å²) >= 11 is 5.81. The number of carbonyl (C=O) groups is 2. The van der Waals surface area contributed by atoms with Crippen molar-refractivity contribution in [1.82, 2.24) is 0 Å². The number of amides is 1. The molecule has 2 rings (SSSR count). The van der Waals surface area contributed by atoms with Crippen LogP contribution < -0.4 is 15.2 Å². The molecule has 6 heteroatoms. The van der Waals surface area contributed by atoms with Gasteiger partial charge in [0.25, 0.3) is 0 Å². The topological polar surface area (TPSA) is 78.5 Å². The van der Waals surface area contributed by atoms with E-state index in [2.05, 4.69) is 5.32 Å². The zero-order chi connectivity index (χ0) is 17.5. The van der Waals surface area contributed by atoms with Gasteiger partial charge in [0.2, 0.25) is 5.91 Å². The molecule has 0 aliphatic carbocycles. The number of hydrogen-bond donors (Lipinski definition) is 1. The lowest BCUT2D eigenvalue weighted by Gasteiger charge is -2.18. The van der Waals surface area contributed by atoms with E-state index in [9.17, 15) is 14.7 Å². The number of methoxy groups -OCH3 is 1. The molecule has 0 spiro atoms. The normalized spacial score (nSPS) is 11.6. The molecule has 24 heavy (non-hydrogen) atoms. The minimum absolute atomic E-state index is 0.170. The Bertz CT molecular complexity index is 698. The predicted molar refractivity (Wildman–Crippen MR) is 89.9 cm³/mol. The van der Waals surface area contributed by atoms with Crippen molar-refractivity contribution in [1.29, 1.82) is 0 Å². The maximum Gasteiger partial charge on any atom is 0.225 e. The largest absolute Gasteiger partial charge is 0.550 e. The van der Waals surface area contributed by atoms with Crippen molar-refractivity contribution in [3.05, 3.63) is 59.1 Å². The number of hydrogen-bond acceptors (Lipinski definition) is 4. The first kappa shape index (κ1) is 17.8. The van der Waals surface area contributed by atoms with E-state index in [1.165, 1.54) is 0 Å². The molecule has 0 unspecified atom stereocenters.